The number of aliphatic carboxylic acids is 1. The Balaban J connectivity index is 2.53. The average Bonchev–Trinajstić information content (AvgIpc) is 2.52. The van der Waals surface area contributed by atoms with Crippen LogP contribution in [-0.4, -0.2) is 28.1 Å². The Hall–Kier alpha value is -3.22. The number of carboxylic acids is 1. The van der Waals surface area contributed by atoms with E-state index in [9.17, 15) is 19.7 Å². The lowest BCUT2D eigenvalue weighted by atomic mass is 10.1. The number of rotatable bonds is 5. The molecule has 7 heteroatoms. The topological polar surface area (TPSA) is 101 Å². The van der Waals surface area contributed by atoms with Crippen LogP contribution >= 0.6 is 0 Å². The third-order valence-corrected chi connectivity index (χ3v) is 2.94. The predicted molar refractivity (Wildman–Crippen MR) is 78.1 cm³/mol. The van der Waals surface area contributed by atoms with Crippen LogP contribution in [0.2, 0.25) is 0 Å². The van der Waals surface area contributed by atoms with Gasteiger partial charge in [-0.05, 0) is 24.3 Å². The highest BCUT2D eigenvalue weighted by Crippen LogP contribution is 2.20. The zero-order chi connectivity index (χ0) is 16.1. The first kappa shape index (κ1) is 15.2. The standard InChI is InChI=1S/C15H12N2O5/c18-14(11-7-3-1-4-8-11)16(12-9-5-2-6-10-12)13(15(19)20)17(21)22/h1-10,13H,(H,19,20)/t13-/m0/s1. The molecule has 112 valence electrons. The minimum atomic E-state index is -2.20. The van der Waals surface area contributed by atoms with Gasteiger partial charge < -0.3 is 5.11 Å². The summed E-state index contributed by atoms with van der Waals surface area (Å²) in [4.78, 5) is 34.6. The van der Waals surface area contributed by atoms with Crippen LogP contribution in [0.3, 0.4) is 0 Å². The van der Waals surface area contributed by atoms with E-state index in [0.717, 1.165) is 0 Å². The Kier molecular flexibility index (Phi) is 4.47. The molecule has 0 saturated carbocycles. The Bertz CT molecular complexity index is 674. The quantitative estimate of drug-likeness (QED) is 0.517. The summed E-state index contributed by atoms with van der Waals surface area (Å²) in [6.07, 6.45) is -2.20. The summed E-state index contributed by atoms with van der Waals surface area (Å²) in [5.74, 6) is -2.46. The summed E-state index contributed by atoms with van der Waals surface area (Å²) < 4.78 is 0. The van der Waals surface area contributed by atoms with Gasteiger partial charge in [-0.1, -0.05) is 36.4 Å². The number of hydrogen-bond acceptors (Lipinski definition) is 4. The molecule has 22 heavy (non-hydrogen) atoms. The molecular formula is C15H12N2O5. The summed E-state index contributed by atoms with van der Waals surface area (Å²) in [5.41, 5.74) is 0.305. The van der Waals surface area contributed by atoms with Gasteiger partial charge in [0.15, 0.2) is 0 Å². The number of nitro groups is 1. The first-order valence-electron chi connectivity index (χ1n) is 6.32. The summed E-state index contributed by atoms with van der Waals surface area (Å²) in [6.45, 7) is 0. The van der Waals surface area contributed by atoms with Gasteiger partial charge in [-0.15, -0.1) is 0 Å². The van der Waals surface area contributed by atoms with E-state index in [2.05, 4.69) is 0 Å². The van der Waals surface area contributed by atoms with Crippen molar-refractivity contribution in [1.29, 1.82) is 0 Å². The van der Waals surface area contributed by atoms with Gasteiger partial charge in [0.1, 0.15) is 0 Å². The molecule has 0 heterocycles. The summed E-state index contributed by atoms with van der Waals surface area (Å²) >= 11 is 0. The van der Waals surface area contributed by atoms with Crippen LogP contribution in [0, 0.1) is 10.1 Å². The molecule has 0 radical (unpaired) electrons. The molecule has 0 saturated heterocycles. The van der Waals surface area contributed by atoms with Crippen LogP contribution in [-0.2, 0) is 4.79 Å². The highest BCUT2D eigenvalue weighted by atomic mass is 16.6. The van der Waals surface area contributed by atoms with E-state index in [1.165, 1.54) is 24.3 Å². The maximum atomic E-state index is 12.6. The molecule has 0 aliphatic carbocycles. The van der Waals surface area contributed by atoms with Crippen molar-refractivity contribution < 1.29 is 19.6 Å². The van der Waals surface area contributed by atoms with Gasteiger partial charge in [-0.3, -0.25) is 14.9 Å². The fraction of sp³-hybridized carbons (Fsp3) is 0.0667. The van der Waals surface area contributed by atoms with Gasteiger partial charge in [-0.2, -0.15) is 0 Å². The first-order chi connectivity index (χ1) is 10.5. The van der Waals surface area contributed by atoms with Crippen LogP contribution in [0.1, 0.15) is 10.4 Å². The molecule has 0 aromatic heterocycles. The molecule has 0 aliphatic heterocycles. The van der Waals surface area contributed by atoms with E-state index < -0.39 is 23.0 Å². The number of amides is 1. The van der Waals surface area contributed by atoms with Gasteiger partial charge in [-0.25, -0.2) is 9.69 Å². The molecule has 1 N–H and O–H groups in total. The second-order valence-corrected chi connectivity index (χ2v) is 4.37. The molecule has 7 nitrogen and oxygen atoms in total. The number of carbonyl (C=O) groups is 2. The maximum absolute atomic E-state index is 12.6. The second-order valence-electron chi connectivity index (χ2n) is 4.37. The number of benzene rings is 2. The minimum Gasteiger partial charge on any atom is -0.475 e. The van der Waals surface area contributed by atoms with Gasteiger partial charge >= 0.3 is 12.1 Å². The third kappa shape index (κ3) is 3.09. The Morgan fingerprint density at radius 3 is 1.95 bits per heavy atom. The van der Waals surface area contributed by atoms with Crippen molar-refractivity contribution in [2.24, 2.45) is 0 Å². The Labute approximate surface area is 125 Å². The number of nitrogens with zero attached hydrogens (tertiary/aromatic N) is 2. The van der Waals surface area contributed by atoms with Crippen molar-refractivity contribution in [1.82, 2.24) is 0 Å². The molecular weight excluding hydrogens is 288 g/mol. The molecule has 0 bridgehead atoms. The fourth-order valence-electron chi connectivity index (χ4n) is 1.97. The van der Waals surface area contributed by atoms with E-state index in [0.29, 0.717) is 4.90 Å². The van der Waals surface area contributed by atoms with E-state index in [1.54, 1.807) is 36.4 Å². The largest absolute Gasteiger partial charge is 0.475 e. The predicted octanol–water partition coefficient (Wildman–Crippen LogP) is 2.02. The Morgan fingerprint density at radius 2 is 1.50 bits per heavy atom. The highest BCUT2D eigenvalue weighted by molar-refractivity contribution is 6.08. The van der Waals surface area contributed by atoms with Gasteiger partial charge in [0.25, 0.3) is 5.91 Å². The Morgan fingerprint density at radius 1 is 1.00 bits per heavy atom. The van der Waals surface area contributed by atoms with E-state index in [1.807, 2.05) is 0 Å². The van der Waals surface area contributed by atoms with Crippen LogP contribution in [0.25, 0.3) is 0 Å². The molecule has 1 atom stereocenters. The molecule has 2 aromatic carbocycles. The first-order valence-corrected chi connectivity index (χ1v) is 6.32. The summed E-state index contributed by atoms with van der Waals surface area (Å²) in [5, 5.41) is 20.3. The monoisotopic (exact) mass is 300 g/mol. The van der Waals surface area contributed by atoms with Crippen molar-refractivity contribution in [2.45, 2.75) is 6.17 Å². The second kappa shape index (κ2) is 6.49. The van der Waals surface area contributed by atoms with Crippen molar-refractivity contribution in [3.8, 4) is 0 Å². The highest BCUT2D eigenvalue weighted by Gasteiger charge is 2.41. The van der Waals surface area contributed by atoms with Gasteiger partial charge in [0, 0.05) is 5.56 Å². The molecule has 2 rings (SSSR count). The van der Waals surface area contributed by atoms with E-state index in [-0.39, 0.29) is 11.3 Å². The van der Waals surface area contributed by atoms with Crippen LogP contribution < -0.4 is 4.90 Å². The zero-order valence-electron chi connectivity index (χ0n) is 11.3. The van der Waals surface area contributed by atoms with Crippen LogP contribution in [0.4, 0.5) is 5.69 Å². The smallest absolute Gasteiger partial charge is 0.402 e. The molecule has 0 unspecified atom stereocenters. The molecule has 2 aromatic rings. The summed E-state index contributed by atoms with van der Waals surface area (Å²) in [7, 11) is 0. The van der Waals surface area contributed by atoms with Crippen molar-refractivity contribution in [3.05, 3.63) is 76.3 Å². The van der Waals surface area contributed by atoms with E-state index >= 15 is 0 Å². The van der Waals surface area contributed by atoms with Gasteiger partial charge in [0.05, 0.1) is 10.6 Å². The number of carbonyl (C=O) groups excluding carboxylic acids is 1. The molecule has 0 aliphatic rings. The molecule has 0 spiro atoms. The number of carboxylic acid groups (broad SMARTS) is 1. The van der Waals surface area contributed by atoms with Crippen molar-refractivity contribution in [2.75, 3.05) is 4.90 Å². The fourth-order valence-corrected chi connectivity index (χ4v) is 1.97. The molecule has 0 fully saturated rings. The minimum absolute atomic E-state index is 0.139. The maximum Gasteiger partial charge on any atom is 0.402 e. The SMILES string of the molecule is O=C(O)[C@@H](N(C(=O)c1ccccc1)c1ccccc1)[N+](=O)[O-]. The lowest BCUT2D eigenvalue weighted by Crippen LogP contribution is -2.50. The average molecular weight is 300 g/mol. The van der Waals surface area contributed by atoms with Crippen molar-refractivity contribution in [3.63, 3.8) is 0 Å². The number of para-hydroxylation sites is 1. The van der Waals surface area contributed by atoms with Crippen molar-refractivity contribution >= 4 is 17.6 Å². The lowest BCUT2D eigenvalue weighted by Gasteiger charge is -2.23. The number of hydrogen-bond donors (Lipinski definition) is 1. The van der Waals surface area contributed by atoms with E-state index in [4.69, 9.17) is 5.11 Å². The third-order valence-electron chi connectivity index (χ3n) is 2.94. The normalized spacial score (nSPS) is 11.5. The molecule has 1 amide bonds. The lowest BCUT2D eigenvalue weighted by molar-refractivity contribution is -0.507. The zero-order valence-corrected chi connectivity index (χ0v) is 11.3. The van der Waals surface area contributed by atoms with Gasteiger partial charge in [0.2, 0.25) is 0 Å². The number of anilines is 1. The summed E-state index contributed by atoms with van der Waals surface area (Å²) in [6, 6.07) is 15.5. The van der Waals surface area contributed by atoms with Crippen LogP contribution in [0.15, 0.2) is 60.7 Å². The van der Waals surface area contributed by atoms with Crippen LogP contribution in [0.5, 0.6) is 0 Å².